The van der Waals surface area contributed by atoms with Crippen LogP contribution in [0.3, 0.4) is 0 Å². The lowest BCUT2D eigenvalue weighted by atomic mass is 9.96. The van der Waals surface area contributed by atoms with Gasteiger partial charge in [0.2, 0.25) is 5.91 Å². The number of hydrogen-bond donors (Lipinski definition) is 1. The summed E-state index contributed by atoms with van der Waals surface area (Å²) < 4.78 is 25.3. The van der Waals surface area contributed by atoms with Gasteiger partial charge in [-0.05, 0) is 43.7 Å². The Kier molecular flexibility index (Phi) is 5.93. The number of nitrogens with one attached hydrogen (secondary N) is 1. The maximum absolute atomic E-state index is 12.8. The number of amides is 1. The number of aromatic nitrogens is 2. The van der Waals surface area contributed by atoms with E-state index in [2.05, 4.69) is 36.4 Å². The molecule has 1 aromatic heterocycles. The molecule has 1 N–H and O–H groups in total. The summed E-state index contributed by atoms with van der Waals surface area (Å²) in [4.78, 5) is 12.8. The highest BCUT2D eigenvalue weighted by atomic mass is 32.2. The Labute approximate surface area is 167 Å². The van der Waals surface area contributed by atoms with E-state index in [1.165, 1.54) is 5.56 Å². The Morgan fingerprint density at radius 1 is 1.25 bits per heavy atom. The van der Waals surface area contributed by atoms with E-state index in [1.54, 1.807) is 10.7 Å². The maximum atomic E-state index is 12.8. The molecule has 1 amide bonds. The molecule has 0 unspecified atom stereocenters. The van der Waals surface area contributed by atoms with Crippen LogP contribution in [0.25, 0.3) is 0 Å². The van der Waals surface area contributed by atoms with E-state index in [4.69, 9.17) is 0 Å². The fourth-order valence-electron chi connectivity index (χ4n) is 3.66. The molecule has 1 aromatic carbocycles. The summed E-state index contributed by atoms with van der Waals surface area (Å²) in [6, 6.07) is 9.75. The zero-order chi connectivity index (χ0) is 20.5. The molecule has 2 heterocycles. The topological polar surface area (TPSA) is 81.1 Å². The van der Waals surface area contributed by atoms with E-state index in [0.29, 0.717) is 18.2 Å². The lowest BCUT2D eigenvalue weighted by molar-refractivity contribution is -0.117. The average molecular weight is 404 g/mol. The van der Waals surface area contributed by atoms with E-state index in [9.17, 15) is 13.2 Å². The number of nitrogens with zero attached hydrogens (tertiary/aromatic N) is 2. The SMILES string of the molecule is Cc1cc(NC(=O)[C@@H](C)c2ccc(CC(C)C)cc2)n([C@H]2CCS(=O)(=O)C2)n1. The number of carbonyl (C=O) groups excluding carboxylic acids is 1. The summed E-state index contributed by atoms with van der Waals surface area (Å²) in [5.74, 6) is 0.956. The van der Waals surface area contributed by atoms with Crippen LogP contribution < -0.4 is 5.32 Å². The fraction of sp³-hybridized carbons (Fsp3) is 0.524. The van der Waals surface area contributed by atoms with Gasteiger partial charge in [0.15, 0.2) is 9.84 Å². The van der Waals surface area contributed by atoms with Crippen LogP contribution in [0.5, 0.6) is 0 Å². The molecule has 2 atom stereocenters. The molecular weight excluding hydrogens is 374 g/mol. The Morgan fingerprint density at radius 2 is 1.93 bits per heavy atom. The minimum Gasteiger partial charge on any atom is -0.310 e. The van der Waals surface area contributed by atoms with Crippen molar-refractivity contribution in [3.05, 3.63) is 47.2 Å². The first-order chi connectivity index (χ1) is 13.1. The quantitative estimate of drug-likeness (QED) is 0.800. The van der Waals surface area contributed by atoms with Crippen molar-refractivity contribution in [1.82, 2.24) is 9.78 Å². The highest BCUT2D eigenvalue weighted by molar-refractivity contribution is 7.91. The normalized spacial score (nSPS) is 19.7. The Hall–Kier alpha value is -2.15. The first-order valence-electron chi connectivity index (χ1n) is 9.81. The van der Waals surface area contributed by atoms with Gasteiger partial charge in [0, 0.05) is 6.07 Å². The zero-order valence-corrected chi connectivity index (χ0v) is 17.8. The third-order valence-electron chi connectivity index (χ3n) is 5.18. The monoisotopic (exact) mass is 403 g/mol. The smallest absolute Gasteiger partial charge is 0.232 e. The van der Waals surface area contributed by atoms with Crippen LogP contribution in [0.15, 0.2) is 30.3 Å². The maximum Gasteiger partial charge on any atom is 0.232 e. The molecule has 0 bridgehead atoms. The van der Waals surface area contributed by atoms with E-state index in [-0.39, 0.29) is 29.4 Å². The number of rotatable bonds is 6. The first kappa shape index (κ1) is 20.6. The Balaban J connectivity index is 1.72. The van der Waals surface area contributed by atoms with Crippen molar-refractivity contribution in [2.45, 2.75) is 52.5 Å². The van der Waals surface area contributed by atoms with Crippen molar-refractivity contribution in [2.24, 2.45) is 5.92 Å². The molecule has 3 rings (SSSR count). The van der Waals surface area contributed by atoms with Crippen molar-refractivity contribution in [3.63, 3.8) is 0 Å². The molecular formula is C21H29N3O3S. The number of sulfone groups is 1. The van der Waals surface area contributed by atoms with Crippen LogP contribution in [0, 0.1) is 12.8 Å². The van der Waals surface area contributed by atoms with Gasteiger partial charge in [-0.3, -0.25) is 4.79 Å². The molecule has 28 heavy (non-hydrogen) atoms. The van der Waals surface area contributed by atoms with Gasteiger partial charge < -0.3 is 5.32 Å². The van der Waals surface area contributed by atoms with Gasteiger partial charge in [0.05, 0.1) is 29.2 Å². The van der Waals surface area contributed by atoms with Crippen molar-refractivity contribution in [3.8, 4) is 0 Å². The van der Waals surface area contributed by atoms with Gasteiger partial charge in [-0.25, -0.2) is 13.1 Å². The average Bonchev–Trinajstić information content (AvgIpc) is 3.16. The van der Waals surface area contributed by atoms with Gasteiger partial charge >= 0.3 is 0 Å². The fourth-order valence-corrected chi connectivity index (χ4v) is 5.35. The highest BCUT2D eigenvalue weighted by Gasteiger charge is 2.31. The molecule has 1 fully saturated rings. The lowest BCUT2D eigenvalue weighted by Gasteiger charge is -2.17. The van der Waals surface area contributed by atoms with Crippen LogP contribution in [-0.2, 0) is 21.1 Å². The van der Waals surface area contributed by atoms with Crippen LogP contribution in [-0.4, -0.2) is 35.6 Å². The molecule has 1 aliphatic heterocycles. The highest BCUT2D eigenvalue weighted by Crippen LogP contribution is 2.28. The van der Waals surface area contributed by atoms with Gasteiger partial charge in [0.25, 0.3) is 0 Å². The number of anilines is 1. The van der Waals surface area contributed by atoms with Crippen LogP contribution >= 0.6 is 0 Å². The van der Waals surface area contributed by atoms with E-state index in [1.807, 2.05) is 26.0 Å². The molecule has 0 aliphatic carbocycles. The number of benzene rings is 1. The second-order valence-corrected chi connectivity index (χ2v) is 10.5. The third kappa shape index (κ3) is 4.82. The lowest BCUT2D eigenvalue weighted by Crippen LogP contribution is -2.23. The minimum absolute atomic E-state index is 0.0733. The molecule has 6 nitrogen and oxygen atoms in total. The van der Waals surface area contributed by atoms with E-state index >= 15 is 0 Å². The molecule has 2 aromatic rings. The second kappa shape index (κ2) is 8.07. The minimum atomic E-state index is -3.03. The standard InChI is InChI=1S/C21H29N3O3S/c1-14(2)11-17-5-7-18(8-6-17)16(4)21(25)22-20-12-15(3)23-24(20)19-9-10-28(26,27)13-19/h5-8,12,14,16,19H,9-11,13H2,1-4H3,(H,22,25)/t16-,19-/m0/s1. The second-order valence-electron chi connectivity index (χ2n) is 8.22. The zero-order valence-electron chi connectivity index (χ0n) is 17.0. The molecule has 152 valence electrons. The first-order valence-corrected chi connectivity index (χ1v) is 11.6. The molecule has 0 spiro atoms. The molecule has 1 aliphatic rings. The molecule has 1 saturated heterocycles. The summed E-state index contributed by atoms with van der Waals surface area (Å²) in [7, 11) is -3.03. The summed E-state index contributed by atoms with van der Waals surface area (Å²) in [5.41, 5.74) is 2.98. The third-order valence-corrected chi connectivity index (χ3v) is 6.93. The van der Waals surface area contributed by atoms with Crippen LogP contribution in [0.1, 0.15) is 56.0 Å². The van der Waals surface area contributed by atoms with Crippen molar-refractivity contribution >= 4 is 21.6 Å². The summed E-state index contributed by atoms with van der Waals surface area (Å²) in [6.45, 7) is 8.09. The number of carbonyl (C=O) groups is 1. The van der Waals surface area contributed by atoms with Gasteiger partial charge in [-0.2, -0.15) is 5.10 Å². The summed E-state index contributed by atoms with van der Waals surface area (Å²) in [6.07, 6.45) is 1.54. The predicted molar refractivity (Wildman–Crippen MR) is 111 cm³/mol. The summed E-state index contributed by atoms with van der Waals surface area (Å²) in [5, 5.41) is 7.37. The van der Waals surface area contributed by atoms with Crippen LogP contribution in [0.2, 0.25) is 0 Å². The van der Waals surface area contributed by atoms with Crippen LogP contribution in [0.4, 0.5) is 5.82 Å². The van der Waals surface area contributed by atoms with Gasteiger partial charge in [0.1, 0.15) is 5.82 Å². The predicted octanol–water partition coefficient (Wildman–Crippen LogP) is 3.49. The van der Waals surface area contributed by atoms with E-state index in [0.717, 1.165) is 17.7 Å². The van der Waals surface area contributed by atoms with Gasteiger partial charge in [-0.15, -0.1) is 0 Å². The van der Waals surface area contributed by atoms with Crippen molar-refractivity contribution in [2.75, 3.05) is 16.8 Å². The molecule has 0 saturated carbocycles. The molecule has 0 radical (unpaired) electrons. The Bertz CT molecular complexity index is 946. The summed E-state index contributed by atoms with van der Waals surface area (Å²) >= 11 is 0. The number of hydrogen-bond acceptors (Lipinski definition) is 4. The van der Waals surface area contributed by atoms with Crippen molar-refractivity contribution in [1.29, 1.82) is 0 Å². The number of aryl methyl sites for hydroxylation is 1. The van der Waals surface area contributed by atoms with Gasteiger partial charge in [-0.1, -0.05) is 38.1 Å². The molecule has 7 heteroatoms. The largest absolute Gasteiger partial charge is 0.310 e. The van der Waals surface area contributed by atoms with E-state index < -0.39 is 9.84 Å². The van der Waals surface area contributed by atoms with Crippen molar-refractivity contribution < 1.29 is 13.2 Å². The Morgan fingerprint density at radius 3 is 2.50 bits per heavy atom.